The number of thiophene rings is 1. The fourth-order valence-corrected chi connectivity index (χ4v) is 6.97. The minimum atomic E-state index is -0.216. The molecule has 0 amide bonds. The summed E-state index contributed by atoms with van der Waals surface area (Å²) in [6.45, 7) is 0. The zero-order valence-corrected chi connectivity index (χ0v) is 22.1. The number of carbonyl (C=O) groups excluding carboxylic acids is 2. The Hall–Kier alpha value is -5.06. The first-order valence-corrected chi connectivity index (χ1v) is 14.0. The highest BCUT2D eigenvalue weighted by Gasteiger charge is 2.34. The number of Topliss-reactive ketones (excluding diaryl/α,β-unsaturated/α-hetero) is 2. The van der Waals surface area contributed by atoms with Crippen LogP contribution in [-0.2, 0) is 0 Å². The predicted molar refractivity (Wildman–Crippen MR) is 165 cm³/mol. The molecule has 0 atom stereocenters. The van der Waals surface area contributed by atoms with Crippen LogP contribution >= 0.6 is 11.3 Å². The molecule has 40 heavy (non-hydrogen) atoms. The molecule has 7 aromatic rings. The summed E-state index contributed by atoms with van der Waals surface area (Å²) in [6.07, 6.45) is 1.77. The van der Waals surface area contributed by atoms with Crippen molar-refractivity contribution in [1.29, 1.82) is 0 Å². The summed E-state index contributed by atoms with van der Waals surface area (Å²) in [5, 5.41) is 4.34. The highest BCUT2D eigenvalue weighted by molar-refractivity contribution is 7.22. The van der Waals surface area contributed by atoms with E-state index in [1.807, 2.05) is 54.6 Å². The van der Waals surface area contributed by atoms with E-state index in [2.05, 4.69) is 71.3 Å². The van der Waals surface area contributed by atoms with Gasteiger partial charge >= 0.3 is 0 Å². The van der Waals surface area contributed by atoms with Gasteiger partial charge in [-0.2, -0.15) is 0 Å². The molecule has 4 heteroatoms. The number of aromatic nitrogens is 1. The van der Waals surface area contributed by atoms with Crippen LogP contribution in [0.4, 0.5) is 0 Å². The molecule has 0 bridgehead atoms. The second kappa shape index (κ2) is 8.73. The van der Waals surface area contributed by atoms with E-state index >= 15 is 0 Å². The predicted octanol–water partition coefficient (Wildman–Crippen LogP) is 9.13. The van der Waals surface area contributed by atoms with Crippen LogP contribution in [0.3, 0.4) is 0 Å². The maximum absolute atomic E-state index is 13.5. The third-order valence-corrected chi connectivity index (χ3v) is 8.85. The molecule has 0 fully saturated rings. The normalized spacial score (nSPS) is 13.1. The molecule has 1 aliphatic carbocycles. The number of nitrogens with zero attached hydrogens (tertiary/aromatic N) is 1. The highest BCUT2D eigenvalue weighted by Crippen LogP contribution is 2.41. The largest absolute Gasteiger partial charge is 0.309 e. The van der Waals surface area contributed by atoms with Crippen LogP contribution in [0.2, 0.25) is 0 Å². The Balaban J connectivity index is 1.31. The second-order valence-electron chi connectivity index (χ2n) is 10.1. The van der Waals surface area contributed by atoms with Crippen molar-refractivity contribution in [2.75, 3.05) is 0 Å². The van der Waals surface area contributed by atoms with Gasteiger partial charge in [-0.05, 0) is 69.6 Å². The molecule has 0 spiro atoms. The first kappa shape index (κ1) is 22.9. The Morgan fingerprint density at radius 1 is 0.575 bits per heavy atom. The van der Waals surface area contributed by atoms with Gasteiger partial charge in [0.15, 0.2) is 11.6 Å². The van der Waals surface area contributed by atoms with Gasteiger partial charge in [0.2, 0.25) is 0 Å². The standard InChI is InChI=1S/C36H21NO2S/c38-35-29-17-23-10-4-5-11-24(23)18-30(29)36(39)31(35)19-26-20-34-32(37(26)25-13-2-1-3-14-25)21-33(40-34)28-16-8-12-22-9-6-7-15-27(22)28/h1-21H. The zero-order chi connectivity index (χ0) is 26.8. The van der Waals surface area contributed by atoms with Crippen LogP contribution < -0.4 is 0 Å². The van der Waals surface area contributed by atoms with Crippen LogP contribution in [0.5, 0.6) is 0 Å². The van der Waals surface area contributed by atoms with Crippen molar-refractivity contribution in [3.8, 4) is 16.1 Å². The molecule has 2 heterocycles. The van der Waals surface area contributed by atoms with Gasteiger partial charge in [0.1, 0.15) is 0 Å². The lowest BCUT2D eigenvalue weighted by molar-refractivity contribution is 0.0990. The van der Waals surface area contributed by atoms with Gasteiger partial charge in [0.25, 0.3) is 0 Å². The first-order chi connectivity index (χ1) is 19.7. The van der Waals surface area contributed by atoms with Crippen molar-refractivity contribution in [1.82, 2.24) is 4.57 Å². The first-order valence-electron chi connectivity index (χ1n) is 13.2. The van der Waals surface area contributed by atoms with E-state index in [0.717, 1.165) is 32.4 Å². The Bertz CT molecular complexity index is 2140. The number of benzene rings is 5. The molecule has 0 aliphatic heterocycles. The molecule has 3 nitrogen and oxygen atoms in total. The summed E-state index contributed by atoms with van der Waals surface area (Å²) in [5.74, 6) is -0.433. The van der Waals surface area contributed by atoms with Crippen LogP contribution in [0.15, 0.2) is 127 Å². The van der Waals surface area contributed by atoms with Crippen LogP contribution in [-0.4, -0.2) is 16.1 Å². The summed E-state index contributed by atoms with van der Waals surface area (Å²) in [4.78, 5) is 28.2. The summed E-state index contributed by atoms with van der Waals surface area (Å²) < 4.78 is 3.24. The lowest BCUT2D eigenvalue weighted by Crippen LogP contribution is -2.02. The van der Waals surface area contributed by atoms with E-state index in [1.54, 1.807) is 17.4 Å². The van der Waals surface area contributed by atoms with E-state index in [9.17, 15) is 9.59 Å². The van der Waals surface area contributed by atoms with Crippen molar-refractivity contribution in [3.63, 3.8) is 0 Å². The number of hydrogen-bond donors (Lipinski definition) is 0. The molecule has 0 N–H and O–H groups in total. The van der Waals surface area contributed by atoms with Gasteiger partial charge < -0.3 is 4.57 Å². The number of rotatable bonds is 3. The van der Waals surface area contributed by atoms with Crippen molar-refractivity contribution in [3.05, 3.63) is 144 Å². The van der Waals surface area contributed by atoms with Gasteiger partial charge in [-0.25, -0.2) is 0 Å². The number of ketones is 2. The molecule has 1 aliphatic rings. The minimum Gasteiger partial charge on any atom is -0.309 e. The number of allylic oxidation sites excluding steroid dienone is 1. The summed E-state index contributed by atoms with van der Waals surface area (Å²) in [7, 11) is 0. The van der Waals surface area contributed by atoms with Crippen molar-refractivity contribution < 1.29 is 9.59 Å². The smallest absolute Gasteiger partial charge is 0.197 e. The average Bonchev–Trinajstić information content (AvgIpc) is 3.62. The van der Waals surface area contributed by atoms with E-state index in [1.165, 1.54) is 21.2 Å². The van der Waals surface area contributed by atoms with Gasteiger partial charge in [0, 0.05) is 27.4 Å². The van der Waals surface area contributed by atoms with E-state index in [4.69, 9.17) is 0 Å². The third-order valence-electron chi connectivity index (χ3n) is 7.74. The molecule has 5 aromatic carbocycles. The summed E-state index contributed by atoms with van der Waals surface area (Å²) in [5.41, 5.74) is 5.20. The quantitative estimate of drug-likeness (QED) is 0.168. The van der Waals surface area contributed by atoms with E-state index < -0.39 is 0 Å². The number of hydrogen-bond acceptors (Lipinski definition) is 3. The second-order valence-corrected chi connectivity index (χ2v) is 11.2. The number of fused-ring (bicyclic) bond motifs is 4. The van der Waals surface area contributed by atoms with Crippen LogP contribution in [0.25, 0.3) is 54.0 Å². The maximum atomic E-state index is 13.5. The van der Waals surface area contributed by atoms with Gasteiger partial charge in [-0.1, -0.05) is 84.9 Å². The summed E-state index contributed by atoms with van der Waals surface area (Å²) in [6, 6.07) is 40.8. The molecule has 2 aromatic heterocycles. The Morgan fingerprint density at radius 2 is 1.20 bits per heavy atom. The number of para-hydroxylation sites is 1. The van der Waals surface area contributed by atoms with E-state index in [0.29, 0.717) is 11.1 Å². The number of carbonyl (C=O) groups is 2. The van der Waals surface area contributed by atoms with Crippen molar-refractivity contribution in [2.24, 2.45) is 0 Å². The van der Waals surface area contributed by atoms with Crippen molar-refractivity contribution in [2.45, 2.75) is 0 Å². The lowest BCUT2D eigenvalue weighted by atomic mass is 10.0. The maximum Gasteiger partial charge on any atom is 0.197 e. The Kier molecular flexibility index (Phi) is 5.00. The fraction of sp³-hybridized carbons (Fsp3) is 0. The van der Waals surface area contributed by atoms with Gasteiger partial charge in [0.05, 0.1) is 15.8 Å². The van der Waals surface area contributed by atoms with Crippen molar-refractivity contribution >= 4 is 60.7 Å². The SMILES string of the molecule is O=C1C(=Cc2cc3sc(-c4cccc5ccccc45)cc3n2-c2ccccc2)C(=O)c2cc3ccccc3cc21. The Labute approximate surface area is 234 Å². The highest BCUT2D eigenvalue weighted by atomic mass is 32.1. The minimum absolute atomic E-state index is 0.210. The Morgan fingerprint density at radius 3 is 1.93 bits per heavy atom. The lowest BCUT2D eigenvalue weighted by Gasteiger charge is -2.09. The molecule has 0 saturated carbocycles. The molecule has 8 rings (SSSR count). The molecule has 188 valence electrons. The van der Waals surface area contributed by atoms with Crippen LogP contribution in [0, 0.1) is 0 Å². The third kappa shape index (κ3) is 3.43. The van der Waals surface area contributed by atoms with Gasteiger partial charge in [-0.15, -0.1) is 11.3 Å². The van der Waals surface area contributed by atoms with E-state index in [-0.39, 0.29) is 17.1 Å². The zero-order valence-electron chi connectivity index (χ0n) is 21.3. The molecule has 0 saturated heterocycles. The summed E-state index contributed by atoms with van der Waals surface area (Å²) >= 11 is 1.72. The monoisotopic (exact) mass is 531 g/mol. The topological polar surface area (TPSA) is 39.1 Å². The van der Waals surface area contributed by atoms with Gasteiger partial charge in [-0.3, -0.25) is 9.59 Å². The molecule has 0 unspecified atom stereocenters. The molecular formula is C36H21NO2S. The molecular weight excluding hydrogens is 510 g/mol. The fourth-order valence-electron chi connectivity index (χ4n) is 5.84. The average molecular weight is 532 g/mol. The van der Waals surface area contributed by atoms with Crippen LogP contribution in [0.1, 0.15) is 26.4 Å². The molecule has 0 radical (unpaired) electrons.